The highest BCUT2D eigenvalue weighted by atomic mass is 35.5. The number of hydrogen-bond donors (Lipinski definition) is 2. The summed E-state index contributed by atoms with van der Waals surface area (Å²) in [6.07, 6.45) is 2.34. The summed E-state index contributed by atoms with van der Waals surface area (Å²) in [5.41, 5.74) is 2.21. The molecule has 1 aliphatic rings. The molecule has 1 aromatic rings. The Kier molecular flexibility index (Phi) is 3.49. The zero-order valence-corrected chi connectivity index (χ0v) is 9.77. The molecule has 0 bridgehead atoms. The van der Waals surface area contributed by atoms with Crippen molar-refractivity contribution >= 4 is 17.3 Å². The van der Waals surface area contributed by atoms with Gasteiger partial charge in [-0.1, -0.05) is 23.7 Å². The van der Waals surface area contributed by atoms with Gasteiger partial charge < -0.3 is 10.6 Å². The lowest BCUT2D eigenvalue weighted by molar-refractivity contribution is 0.479. The van der Waals surface area contributed by atoms with Crippen LogP contribution < -0.4 is 10.6 Å². The SMILES string of the molecule is Cc1cccc(NC2CCNCC2)c1Cl. The van der Waals surface area contributed by atoms with Gasteiger partial charge in [-0.2, -0.15) is 0 Å². The van der Waals surface area contributed by atoms with Gasteiger partial charge in [-0.05, 0) is 44.5 Å². The average Bonchev–Trinajstić information content (AvgIpc) is 2.26. The van der Waals surface area contributed by atoms with Crippen LogP contribution in [0.4, 0.5) is 5.69 Å². The Morgan fingerprint density at radius 3 is 2.80 bits per heavy atom. The minimum Gasteiger partial charge on any atom is -0.381 e. The molecule has 0 unspecified atom stereocenters. The van der Waals surface area contributed by atoms with Gasteiger partial charge in [0.1, 0.15) is 0 Å². The highest BCUT2D eigenvalue weighted by Gasteiger charge is 2.13. The summed E-state index contributed by atoms with van der Waals surface area (Å²) in [4.78, 5) is 0. The summed E-state index contributed by atoms with van der Waals surface area (Å²) < 4.78 is 0. The van der Waals surface area contributed by atoms with Crippen LogP contribution >= 0.6 is 11.6 Å². The summed E-state index contributed by atoms with van der Waals surface area (Å²) in [7, 11) is 0. The maximum atomic E-state index is 6.23. The first kappa shape index (κ1) is 10.8. The summed E-state index contributed by atoms with van der Waals surface area (Å²) >= 11 is 6.23. The number of benzene rings is 1. The van der Waals surface area contributed by atoms with Crippen LogP contribution in [0, 0.1) is 6.92 Å². The number of nitrogens with one attached hydrogen (secondary N) is 2. The van der Waals surface area contributed by atoms with Crippen molar-refractivity contribution in [1.29, 1.82) is 0 Å². The summed E-state index contributed by atoms with van der Waals surface area (Å²) in [5, 5.41) is 7.73. The fourth-order valence-electron chi connectivity index (χ4n) is 1.95. The molecule has 3 heteroatoms. The predicted octanol–water partition coefficient (Wildman–Crippen LogP) is 2.81. The molecule has 1 aliphatic heterocycles. The van der Waals surface area contributed by atoms with E-state index in [1.165, 1.54) is 12.8 Å². The van der Waals surface area contributed by atoms with E-state index < -0.39 is 0 Å². The van der Waals surface area contributed by atoms with Crippen LogP contribution in [0.2, 0.25) is 5.02 Å². The van der Waals surface area contributed by atoms with E-state index in [-0.39, 0.29) is 0 Å². The molecule has 1 saturated heterocycles. The number of anilines is 1. The normalized spacial score (nSPS) is 17.7. The van der Waals surface area contributed by atoms with Crippen molar-refractivity contribution in [1.82, 2.24) is 5.32 Å². The first-order valence-electron chi connectivity index (χ1n) is 5.50. The quantitative estimate of drug-likeness (QED) is 0.808. The lowest BCUT2D eigenvalue weighted by atomic mass is 10.1. The van der Waals surface area contributed by atoms with Gasteiger partial charge in [-0.15, -0.1) is 0 Å². The largest absolute Gasteiger partial charge is 0.381 e. The maximum Gasteiger partial charge on any atom is 0.0666 e. The van der Waals surface area contributed by atoms with Crippen molar-refractivity contribution in [3.05, 3.63) is 28.8 Å². The third-order valence-electron chi connectivity index (χ3n) is 2.89. The molecule has 0 saturated carbocycles. The van der Waals surface area contributed by atoms with Crippen LogP contribution in [-0.2, 0) is 0 Å². The maximum absolute atomic E-state index is 6.23. The molecule has 0 aromatic heterocycles. The van der Waals surface area contributed by atoms with E-state index in [0.29, 0.717) is 6.04 Å². The third kappa shape index (κ3) is 2.64. The number of halogens is 1. The molecular weight excluding hydrogens is 208 g/mol. The second kappa shape index (κ2) is 4.86. The van der Waals surface area contributed by atoms with Gasteiger partial charge in [0.25, 0.3) is 0 Å². The van der Waals surface area contributed by atoms with E-state index >= 15 is 0 Å². The van der Waals surface area contributed by atoms with Crippen molar-refractivity contribution in [2.75, 3.05) is 18.4 Å². The molecule has 2 nitrogen and oxygen atoms in total. The molecule has 82 valence electrons. The summed E-state index contributed by atoms with van der Waals surface area (Å²) in [6.45, 7) is 4.23. The molecule has 0 atom stereocenters. The van der Waals surface area contributed by atoms with E-state index in [0.717, 1.165) is 29.4 Å². The molecule has 1 heterocycles. The lowest BCUT2D eigenvalue weighted by Crippen LogP contribution is -2.35. The van der Waals surface area contributed by atoms with Gasteiger partial charge in [0.05, 0.1) is 10.7 Å². The Hall–Kier alpha value is -0.730. The van der Waals surface area contributed by atoms with Gasteiger partial charge in [-0.3, -0.25) is 0 Å². The third-order valence-corrected chi connectivity index (χ3v) is 3.39. The highest BCUT2D eigenvalue weighted by Crippen LogP contribution is 2.26. The summed E-state index contributed by atoms with van der Waals surface area (Å²) in [5.74, 6) is 0. The molecule has 0 amide bonds. The van der Waals surface area contributed by atoms with E-state index in [9.17, 15) is 0 Å². The Labute approximate surface area is 96.0 Å². The van der Waals surface area contributed by atoms with Crippen molar-refractivity contribution in [3.8, 4) is 0 Å². The second-order valence-corrected chi connectivity index (χ2v) is 4.48. The number of rotatable bonds is 2. The van der Waals surface area contributed by atoms with Gasteiger partial charge in [0.2, 0.25) is 0 Å². The Morgan fingerprint density at radius 2 is 2.07 bits per heavy atom. The molecule has 2 N–H and O–H groups in total. The van der Waals surface area contributed by atoms with E-state index in [4.69, 9.17) is 11.6 Å². The fourth-order valence-corrected chi connectivity index (χ4v) is 2.13. The first-order valence-corrected chi connectivity index (χ1v) is 5.87. The highest BCUT2D eigenvalue weighted by molar-refractivity contribution is 6.34. The topological polar surface area (TPSA) is 24.1 Å². The smallest absolute Gasteiger partial charge is 0.0666 e. The fraction of sp³-hybridized carbons (Fsp3) is 0.500. The van der Waals surface area contributed by atoms with Crippen LogP contribution in [0.3, 0.4) is 0 Å². The minimum atomic E-state index is 0.561. The molecule has 2 rings (SSSR count). The van der Waals surface area contributed by atoms with Crippen molar-refractivity contribution in [3.63, 3.8) is 0 Å². The molecule has 0 radical (unpaired) electrons. The van der Waals surface area contributed by atoms with Crippen molar-refractivity contribution in [2.45, 2.75) is 25.8 Å². The lowest BCUT2D eigenvalue weighted by Gasteiger charge is -2.25. The van der Waals surface area contributed by atoms with Gasteiger partial charge in [-0.25, -0.2) is 0 Å². The molecule has 0 spiro atoms. The zero-order chi connectivity index (χ0) is 10.7. The van der Waals surface area contributed by atoms with E-state index in [1.807, 2.05) is 19.1 Å². The van der Waals surface area contributed by atoms with Crippen LogP contribution in [0.25, 0.3) is 0 Å². The van der Waals surface area contributed by atoms with Crippen LogP contribution in [0.1, 0.15) is 18.4 Å². The molecule has 1 aromatic carbocycles. The Morgan fingerprint density at radius 1 is 1.33 bits per heavy atom. The van der Waals surface area contributed by atoms with E-state index in [1.54, 1.807) is 0 Å². The molecule has 1 fully saturated rings. The number of hydrogen-bond acceptors (Lipinski definition) is 2. The number of piperidine rings is 1. The molecule has 0 aliphatic carbocycles. The standard InChI is InChI=1S/C12H17ClN2/c1-9-3-2-4-11(12(9)13)15-10-5-7-14-8-6-10/h2-4,10,14-15H,5-8H2,1H3. The zero-order valence-electron chi connectivity index (χ0n) is 9.02. The second-order valence-electron chi connectivity index (χ2n) is 4.11. The first-order chi connectivity index (χ1) is 7.27. The van der Waals surface area contributed by atoms with Crippen LogP contribution in [0.5, 0.6) is 0 Å². The van der Waals surface area contributed by atoms with Gasteiger partial charge in [0, 0.05) is 6.04 Å². The van der Waals surface area contributed by atoms with Gasteiger partial charge in [0.15, 0.2) is 0 Å². The summed E-state index contributed by atoms with van der Waals surface area (Å²) in [6, 6.07) is 6.70. The average molecular weight is 225 g/mol. The van der Waals surface area contributed by atoms with E-state index in [2.05, 4.69) is 16.7 Å². The van der Waals surface area contributed by atoms with Crippen molar-refractivity contribution in [2.24, 2.45) is 0 Å². The predicted molar refractivity (Wildman–Crippen MR) is 65.7 cm³/mol. The monoisotopic (exact) mass is 224 g/mol. The Bertz CT molecular complexity index is 332. The number of aryl methyl sites for hydroxylation is 1. The van der Waals surface area contributed by atoms with Crippen molar-refractivity contribution < 1.29 is 0 Å². The van der Waals surface area contributed by atoms with Crippen LogP contribution in [0.15, 0.2) is 18.2 Å². The molecule has 15 heavy (non-hydrogen) atoms. The minimum absolute atomic E-state index is 0.561. The van der Waals surface area contributed by atoms with Crippen LogP contribution in [-0.4, -0.2) is 19.1 Å². The Balaban J connectivity index is 2.06. The molecular formula is C12H17ClN2. The van der Waals surface area contributed by atoms with Gasteiger partial charge >= 0.3 is 0 Å².